The van der Waals surface area contributed by atoms with Crippen LogP contribution < -0.4 is 5.32 Å². The van der Waals surface area contributed by atoms with Crippen LogP contribution in [-0.2, 0) is 11.3 Å². The van der Waals surface area contributed by atoms with E-state index in [0.717, 1.165) is 32.8 Å². The van der Waals surface area contributed by atoms with Gasteiger partial charge in [-0.2, -0.15) is 0 Å². The molecule has 1 aromatic rings. The van der Waals surface area contributed by atoms with Gasteiger partial charge in [-0.1, -0.05) is 30.3 Å². The van der Waals surface area contributed by atoms with Crippen LogP contribution in [0.4, 0.5) is 0 Å². The van der Waals surface area contributed by atoms with Crippen molar-refractivity contribution < 1.29 is 4.74 Å². The normalized spacial score (nSPS) is 20.0. The third-order valence-electron chi connectivity index (χ3n) is 3.36. The van der Waals surface area contributed by atoms with Crippen molar-refractivity contribution in [3.63, 3.8) is 0 Å². The summed E-state index contributed by atoms with van der Waals surface area (Å²) in [6.07, 6.45) is 1.26. The molecule has 3 nitrogen and oxygen atoms in total. The zero-order chi connectivity index (χ0) is 11.9. The van der Waals surface area contributed by atoms with Gasteiger partial charge in [0, 0.05) is 19.1 Å². The minimum Gasteiger partial charge on any atom is -0.375 e. The van der Waals surface area contributed by atoms with Crippen LogP contribution in [0.1, 0.15) is 12.0 Å². The second-order valence-electron chi connectivity index (χ2n) is 4.67. The lowest BCUT2D eigenvalue weighted by Crippen LogP contribution is -2.35. The second-order valence-corrected chi connectivity index (χ2v) is 4.67. The Morgan fingerprint density at radius 2 is 2.18 bits per heavy atom. The number of hydrogen-bond acceptors (Lipinski definition) is 3. The van der Waals surface area contributed by atoms with E-state index >= 15 is 0 Å². The van der Waals surface area contributed by atoms with E-state index in [0.29, 0.717) is 6.04 Å². The molecule has 0 saturated carbocycles. The fourth-order valence-corrected chi connectivity index (χ4v) is 2.17. The van der Waals surface area contributed by atoms with Gasteiger partial charge in [0.05, 0.1) is 13.2 Å². The van der Waals surface area contributed by atoms with E-state index in [1.165, 1.54) is 12.0 Å². The maximum atomic E-state index is 5.69. The summed E-state index contributed by atoms with van der Waals surface area (Å²) >= 11 is 0. The third kappa shape index (κ3) is 4.11. The molecule has 1 fully saturated rings. The van der Waals surface area contributed by atoms with Crippen molar-refractivity contribution in [3.05, 3.63) is 35.9 Å². The van der Waals surface area contributed by atoms with Crippen molar-refractivity contribution in [2.45, 2.75) is 19.1 Å². The summed E-state index contributed by atoms with van der Waals surface area (Å²) in [6, 6.07) is 11.0. The molecule has 0 radical (unpaired) electrons. The Balaban J connectivity index is 1.59. The van der Waals surface area contributed by atoms with Crippen molar-refractivity contribution in [1.29, 1.82) is 0 Å². The van der Waals surface area contributed by atoms with Gasteiger partial charge in [-0.25, -0.2) is 0 Å². The number of benzene rings is 1. The Labute approximate surface area is 104 Å². The highest BCUT2D eigenvalue weighted by atomic mass is 16.5. The van der Waals surface area contributed by atoms with Gasteiger partial charge in [0.15, 0.2) is 0 Å². The molecule has 0 amide bonds. The molecule has 1 atom stereocenters. The van der Waals surface area contributed by atoms with Crippen LogP contribution in [0, 0.1) is 0 Å². The quantitative estimate of drug-likeness (QED) is 0.755. The summed E-state index contributed by atoms with van der Waals surface area (Å²) in [6.45, 7) is 4.81. The predicted molar refractivity (Wildman–Crippen MR) is 70.0 cm³/mol. The van der Waals surface area contributed by atoms with E-state index in [1.807, 2.05) is 6.07 Å². The zero-order valence-electron chi connectivity index (χ0n) is 10.6. The van der Waals surface area contributed by atoms with Crippen LogP contribution in [0.5, 0.6) is 0 Å². The van der Waals surface area contributed by atoms with Crippen LogP contribution in [0.15, 0.2) is 30.3 Å². The van der Waals surface area contributed by atoms with E-state index in [-0.39, 0.29) is 0 Å². The van der Waals surface area contributed by atoms with Crippen molar-refractivity contribution in [1.82, 2.24) is 10.2 Å². The van der Waals surface area contributed by atoms with Gasteiger partial charge >= 0.3 is 0 Å². The first kappa shape index (κ1) is 12.6. The monoisotopic (exact) mass is 234 g/mol. The summed E-state index contributed by atoms with van der Waals surface area (Å²) in [5.74, 6) is 0. The number of hydrogen-bond donors (Lipinski definition) is 1. The Morgan fingerprint density at radius 3 is 2.88 bits per heavy atom. The van der Waals surface area contributed by atoms with Crippen molar-refractivity contribution >= 4 is 0 Å². The molecule has 94 valence electrons. The van der Waals surface area contributed by atoms with Gasteiger partial charge in [-0.3, -0.25) is 4.90 Å². The summed E-state index contributed by atoms with van der Waals surface area (Å²) < 4.78 is 5.69. The molecule has 1 aromatic carbocycles. The van der Waals surface area contributed by atoms with E-state index in [4.69, 9.17) is 4.74 Å². The van der Waals surface area contributed by atoms with Crippen LogP contribution in [0.3, 0.4) is 0 Å². The highest BCUT2D eigenvalue weighted by molar-refractivity contribution is 5.13. The van der Waals surface area contributed by atoms with Crippen LogP contribution in [0.2, 0.25) is 0 Å². The molecule has 1 unspecified atom stereocenters. The molecule has 17 heavy (non-hydrogen) atoms. The van der Waals surface area contributed by atoms with E-state index < -0.39 is 0 Å². The molecular weight excluding hydrogens is 212 g/mol. The molecule has 0 spiro atoms. The molecule has 1 saturated heterocycles. The van der Waals surface area contributed by atoms with Gasteiger partial charge in [0.1, 0.15) is 0 Å². The highest BCUT2D eigenvalue weighted by Crippen LogP contribution is 2.06. The first-order valence-electron chi connectivity index (χ1n) is 6.39. The van der Waals surface area contributed by atoms with Crippen molar-refractivity contribution in [2.75, 3.05) is 33.3 Å². The maximum absolute atomic E-state index is 5.69. The number of ether oxygens (including phenoxy) is 1. The maximum Gasteiger partial charge on any atom is 0.0717 e. The molecular formula is C14H22N2O. The lowest BCUT2D eigenvalue weighted by atomic mass is 10.2. The molecule has 1 aliphatic heterocycles. The standard InChI is InChI=1S/C14H22N2O/c1-16(14-7-8-15-11-14)9-10-17-12-13-5-3-2-4-6-13/h2-6,14-15H,7-12H2,1H3. The van der Waals surface area contributed by atoms with Gasteiger partial charge < -0.3 is 10.1 Å². The first-order valence-corrected chi connectivity index (χ1v) is 6.39. The minimum absolute atomic E-state index is 0.690. The predicted octanol–water partition coefficient (Wildman–Crippen LogP) is 1.50. The summed E-state index contributed by atoms with van der Waals surface area (Å²) in [4.78, 5) is 2.39. The van der Waals surface area contributed by atoms with Crippen molar-refractivity contribution in [2.24, 2.45) is 0 Å². The molecule has 0 aliphatic carbocycles. The average Bonchev–Trinajstić information content (AvgIpc) is 2.89. The summed E-state index contributed by atoms with van der Waals surface area (Å²) in [5.41, 5.74) is 1.25. The van der Waals surface area contributed by atoms with Crippen LogP contribution in [0.25, 0.3) is 0 Å². The van der Waals surface area contributed by atoms with Crippen LogP contribution >= 0.6 is 0 Å². The SMILES string of the molecule is CN(CCOCc1ccccc1)C1CCNC1. The largest absolute Gasteiger partial charge is 0.375 e. The fraction of sp³-hybridized carbons (Fsp3) is 0.571. The molecule has 0 bridgehead atoms. The Hall–Kier alpha value is -0.900. The van der Waals surface area contributed by atoms with Gasteiger partial charge in [-0.05, 0) is 25.6 Å². The minimum atomic E-state index is 0.690. The van der Waals surface area contributed by atoms with Crippen molar-refractivity contribution in [3.8, 4) is 0 Å². The summed E-state index contributed by atoms with van der Waals surface area (Å²) in [7, 11) is 2.18. The molecule has 1 N–H and O–H groups in total. The molecule has 1 heterocycles. The van der Waals surface area contributed by atoms with E-state index in [2.05, 4.69) is 41.5 Å². The Morgan fingerprint density at radius 1 is 1.35 bits per heavy atom. The topological polar surface area (TPSA) is 24.5 Å². The zero-order valence-corrected chi connectivity index (χ0v) is 10.6. The molecule has 0 aromatic heterocycles. The van der Waals surface area contributed by atoms with Crippen LogP contribution in [-0.4, -0.2) is 44.2 Å². The second kappa shape index (κ2) is 6.74. The van der Waals surface area contributed by atoms with Gasteiger partial charge in [0.2, 0.25) is 0 Å². The Kier molecular flexibility index (Phi) is 4.98. The molecule has 3 heteroatoms. The van der Waals surface area contributed by atoms with Gasteiger partial charge in [-0.15, -0.1) is 0 Å². The molecule has 2 rings (SSSR count). The smallest absolute Gasteiger partial charge is 0.0717 e. The van der Waals surface area contributed by atoms with Gasteiger partial charge in [0.25, 0.3) is 0 Å². The number of likely N-dealkylation sites (N-methyl/N-ethyl adjacent to an activating group) is 1. The lowest BCUT2D eigenvalue weighted by Gasteiger charge is -2.23. The number of nitrogens with one attached hydrogen (secondary N) is 1. The Bertz CT molecular complexity index is 309. The number of rotatable bonds is 6. The third-order valence-corrected chi connectivity index (χ3v) is 3.36. The van der Waals surface area contributed by atoms with E-state index in [1.54, 1.807) is 0 Å². The number of nitrogens with zero attached hydrogens (tertiary/aromatic N) is 1. The summed E-state index contributed by atoms with van der Waals surface area (Å²) in [5, 5.41) is 3.39. The van der Waals surface area contributed by atoms with E-state index in [9.17, 15) is 0 Å². The first-order chi connectivity index (χ1) is 8.36. The molecule has 1 aliphatic rings. The lowest BCUT2D eigenvalue weighted by molar-refractivity contribution is 0.0901. The highest BCUT2D eigenvalue weighted by Gasteiger charge is 2.18. The fourth-order valence-electron chi connectivity index (χ4n) is 2.17. The average molecular weight is 234 g/mol.